The number of aromatic nitrogens is 1. The van der Waals surface area contributed by atoms with Gasteiger partial charge in [0.2, 0.25) is 0 Å². The molecule has 1 saturated heterocycles. The zero-order valence-corrected chi connectivity index (χ0v) is 9.94. The normalized spacial score (nSPS) is 19.5. The summed E-state index contributed by atoms with van der Waals surface area (Å²) in [5.74, 6) is 0.0658. The summed E-state index contributed by atoms with van der Waals surface area (Å²) >= 11 is 0. The van der Waals surface area contributed by atoms with Crippen LogP contribution in [0.3, 0.4) is 0 Å². The molecule has 3 heteroatoms. The van der Waals surface area contributed by atoms with Gasteiger partial charge in [0, 0.05) is 19.3 Å². The molecule has 0 bridgehead atoms. The van der Waals surface area contributed by atoms with Gasteiger partial charge in [0.1, 0.15) is 5.69 Å². The standard InChI is InChI=1S/C13H18N2O/c1-13(2)6-9-15(10-7-13)12(16)11-5-3-4-8-14-11/h3-5,8H,6-7,9-10H2,1-2H3. The molecule has 1 aromatic rings. The van der Waals surface area contributed by atoms with Gasteiger partial charge < -0.3 is 4.90 Å². The van der Waals surface area contributed by atoms with E-state index in [-0.39, 0.29) is 5.91 Å². The molecular weight excluding hydrogens is 200 g/mol. The first-order chi connectivity index (χ1) is 7.58. The number of hydrogen-bond acceptors (Lipinski definition) is 2. The molecule has 0 spiro atoms. The minimum atomic E-state index is 0.0658. The first-order valence-corrected chi connectivity index (χ1v) is 5.79. The van der Waals surface area contributed by atoms with Gasteiger partial charge in [0.05, 0.1) is 0 Å². The van der Waals surface area contributed by atoms with Crippen LogP contribution in [0.4, 0.5) is 0 Å². The predicted molar refractivity (Wildman–Crippen MR) is 63.2 cm³/mol. The summed E-state index contributed by atoms with van der Waals surface area (Å²) in [6, 6.07) is 5.46. The Labute approximate surface area is 96.5 Å². The lowest BCUT2D eigenvalue weighted by molar-refractivity contribution is 0.0624. The molecule has 2 rings (SSSR count). The van der Waals surface area contributed by atoms with Crippen molar-refractivity contribution < 1.29 is 4.79 Å². The van der Waals surface area contributed by atoms with Gasteiger partial charge in [0.15, 0.2) is 0 Å². The summed E-state index contributed by atoms with van der Waals surface area (Å²) in [4.78, 5) is 18.1. The van der Waals surface area contributed by atoms with Crippen molar-refractivity contribution in [3.63, 3.8) is 0 Å². The first-order valence-electron chi connectivity index (χ1n) is 5.79. The molecule has 0 unspecified atom stereocenters. The van der Waals surface area contributed by atoms with Gasteiger partial charge in [-0.15, -0.1) is 0 Å². The Hall–Kier alpha value is -1.38. The van der Waals surface area contributed by atoms with Gasteiger partial charge >= 0.3 is 0 Å². The van der Waals surface area contributed by atoms with E-state index in [2.05, 4.69) is 18.8 Å². The van der Waals surface area contributed by atoms with Gasteiger partial charge in [-0.25, -0.2) is 0 Å². The zero-order valence-electron chi connectivity index (χ0n) is 9.94. The third kappa shape index (κ3) is 2.40. The molecule has 3 nitrogen and oxygen atoms in total. The second kappa shape index (κ2) is 4.24. The van der Waals surface area contributed by atoms with Crippen LogP contribution in [0.25, 0.3) is 0 Å². The van der Waals surface area contributed by atoms with Crippen molar-refractivity contribution in [1.82, 2.24) is 9.88 Å². The molecule has 0 aliphatic carbocycles. The molecule has 16 heavy (non-hydrogen) atoms. The molecule has 0 aromatic carbocycles. The van der Waals surface area contributed by atoms with E-state index in [1.54, 1.807) is 12.3 Å². The summed E-state index contributed by atoms with van der Waals surface area (Å²) in [6.45, 7) is 6.22. The van der Waals surface area contributed by atoms with Crippen LogP contribution in [0, 0.1) is 5.41 Å². The Morgan fingerprint density at radius 3 is 2.56 bits per heavy atom. The molecule has 0 radical (unpaired) electrons. The topological polar surface area (TPSA) is 33.2 Å². The average molecular weight is 218 g/mol. The van der Waals surface area contributed by atoms with Crippen LogP contribution in [-0.4, -0.2) is 28.9 Å². The number of piperidine rings is 1. The van der Waals surface area contributed by atoms with Crippen LogP contribution in [0.5, 0.6) is 0 Å². The Kier molecular flexibility index (Phi) is 2.95. The van der Waals surface area contributed by atoms with Crippen molar-refractivity contribution in [2.45, 2.75) is 26.7 Å². The third-order valence-electron chi connectivity index (χ3n) is 3.29. The van der Waals surface area contributed by atoms with E-state index in [0.717, 1.165) is 25.9 Å². The highest BCUT2D eigenvalue weighted by atomic mass is 16.2. The van der Waals surface area contributed by atoms with E-state index < -0.39 is 0 Å². The van der Waals surface area contributed by atoms with Crippen molar-refractivity contribution >= 4 is 5.91 Å². The van der Waals surface area contributed by atoms with Crippen molar-refractivity contribution in [3.8, 4) is 0 Å². The molecular formula is C13H18N2O. The molecule has 0 atom stereocenters. The van der Waals surface area contributed by atoms with E-state index in [1.807, 2.05) is 17.0 Å². The number of amides is 1. The molecule has 1 aliphatic rings. The maximum atomic E-state index is 12.1. The largest absolute Gasteiger partial charge is 0.337 e. The third-order valence-corrected chi connectivity index (χ3v) is 3.29. The van der Waals surface area contributed by atoms with Crippen LogP contribution in [0.2, 0.25) is 0 Å². The lowest BCUT2D eigenvalue weighted by atomic mass is 9.82. The van der Waals surface area contributed by atoms with Crippen LogP contribution in [0.1, 0.15) is 37.2 Å². The van der Waals surface area contributed by atoms with E-state index >= 15 is 0 Å². The number of hydrogen-bond donors (Lipinski definition) is 0. The quantitative estimate of drug-likeness (QED) is 0.725. The summed E-state index contributed by atoms with van der Waals surface area (Å²) in [6.07, 6.45) is 3.82. The second-order valence-electron chi connectivity index (χ2n) is 5.17. The molecule has 0 N–H and O–H groups in total. The average Bonchev–Trinajstić information content (AvgIpc) is 2.29. The van der Waals surface area contributed by atoms with Crippen LogP contribution in [-0.2, 0) is 0 Å². The lowest BCUT2D eigenvalue weighted by Gasteiger charge is -2.36. The van der Waals surface area contributed by atoms with Gasteiger partial charge in [-0.1, -0.05) is 19.9 Å². The number of pyridine rings is 1. The maximum absolute atomic E-state index is 12.1. The summed E-state index contributed by atoms with van der Waals surface area (Å²) < 4.78 is 0. The Bertz CT molecular complexity index is 363. The number of carbonyl (C=O) groups excluding carboxylic acids is 1. The summed E-state index contributed by atoms with van der Waals surface area (Å²) in [7, 11) is 0. The minimum Gasteiger partial charge on any atom is -0.337 e. The second-order valence-corrected chi connectivity index (χ2v) is 5.17. The molecule has 0 saturated carbocycles. The number of nitrogens with zero attached hydrogens (tertiary/aromatic N) is 2. The van der Waals surface area contributed by atoms with Crippen molar-refractivity contribution in [1.29, 1.82) is 0 Å². The van der Waals surface area contributed by atoms with E-state index in [4.69, 9.17) is 0 Å². The van der Waals surface area contributed by atoms with Crippen molar-refractivity contribution in [3.05, 3.63) is 30.1 Å². The Morgan fingerprint density at radius 2 is 2.00 bits per heavy atom. The van der Waals surface area contributed by atoms with Gasteiger partial charge in [-0.3, -0.25) is 9.78 Å². The highest BCUT2D eigenvalue weighted by Crippen LogP contribution is 2.30. The van der Waals surface area contributed by atoms with Gasteiger partial charge in [-0.2, -0.15) is 0 Å². The van der Waals surface area contributed by atoms with Crippen LogP contribution < -0.4 is 0 Å². The van der Waals surface area contributed by atoms with Crippen LogP contribution >= 0.6 is 0 Å². The Balaban J connectivity index is 2.03. The fourth-order valence-corrected chi connectivity index (χ4v) is 1.97. The Morgan fingerprint density at radius 1 is 1.31 bits per heavy atom. The maximum Gasteiger partial charge on any atom is 0.272 e. The van der Waals surface area contributed by atoms with Gasteiger partial charge in [0.25, 0.3) is 5.91 Å². The number of carbonyl (C=O) groups is 1. The van der Waals surface area contributed by atoms with Gasteiger partial charge in [-0.05, 0) is 30.4 Å². The number of rotatable bonds is 1. The van der Waals surface area contributed by atoms with Crippen LogP contribution in [0.15, 0.2) is 24.4 Å². The SMILES string of the molecule is CC1(C)CCN(C(=O)c2ccccn2)CC1. The minimum absolute atomic E-state index is 0.0658. The fraction of sp³-hybridized carbons (Fsp3) is 0.538. The number of likely N-dealkylation sites (tertiary alicyclic amines) is 1. The predicted octanol–water partition coefficient (Wildman–Crippen LogP) is 2.34. The van der Waals surface area contributed by atoms with Crippen molar-refractivity contribution in [2.24, 2.45) is 5.41 Å². The highest BCUT2D eigenvalue weighted by Gasteiger charge is 2.28. The molecule has 1 aliphatic heterocycles. The fourth-order valence-electron chi connectivity index (χ4n) is 1.97. The zero-order chi connectivity index (χ0) is 11.6. The molecule has 86 valence electrons. The highest BCUT2D eigenvalue weighted by molar-refractivity contribution is 5.92. The van der Waals surface area contributed by atoms with Crippen molar-refractivity contribution in [2.75, 3.05) is 13.1 Å². The smallest absolute Gasteiger partial charge is 0.272 e. The summed E-state index contributed by atoms with van der Waals surface area (Å²) in [5.41, 5.74) is 0.933. The van der Waals surface area contributed by atoms with E-state index in [9.17, 15) is 4.79 Å². The molecule has 1 aromatic heterocycles. The molecule has 2 heterocycles. The molecule has 1 amide bonds. The van der Waals surface area contributed by atoms with E-state index in [0.29, 0.717) is 11.1 Å². The monoisotopic (exact) mass is 218 g/mol. The van der Waals surface area contributed by atoms with E-state index in [1.165, 1.54) is 0 Å². The molecule has 1 fully saturated rings. The summed E-state index contributed by atoms with van der Waals surface area (Å²) in [5, 5.41) is 0. The first kappa shape index (κ1) is 11.1. The lowest BCUT2D eigenvalue weighted by Crippen LogP contribution is -2.41.